The second kappa shape index (κ2) is 11.2. The number of carbonyl (C=O) groups is 2. The van der Waals surface area contributed by atoms with Gasteiger partial charge >= 0.3 is 12.6 Å². The van der Waals surface area contributed by atoms with Crippen molar-refractivity contribution in [1.29, 1.82) is 0 Å². The molecule has 2 fully saturated rings. The molecule has 0 radical (unpaired) electrons. The van der Waals surface area contributed by atoms with Crippen LogP contribution in [-0.4, -0.2) is 56.5 Å². The highest BCUT2D eigenvalue weighted by atomic mass is 19.3. The van der Waals surface area contributed by atoms with Crippen molar-refractivity contribution in [3.63, 3.8) is 0 Å². The van der Waals surface area contributed by atoms with Crippen LogP contribution in [0.2, 0.25) is 0 Å². The highest BCUT2D eigenvalue weighted by Crippen LogP contribution is 2.59. The van der Waals surface area contributed by atoms with Crippen LogP contribution in [0.15, 0.2) is 48.9 Å². The zero-order valence-electron chi connectivity index (χ0n) is 23.1. The number of rotatable bonds is 10. The quantitative estimate of drug-likeness (QED) is 0.261. The maximum atomic E-state index is 14.0. The van der Waals surface area contributed by atoms with E-state index < -0.39 is 24.3 Å². The van der Waals surface area contributed by atoms with Crippen molar-refractivity contribution < 1.29 is 37.3 Å². The fourth-order valence-corrected chi connectivity index (χ4v) is 6.48. The van der Waals surface area contributed by atoms with Crippen LogP contribution >= 0.6 is 0 Å². The number of methoxy groups -OCH3 is 1. The first-order valence-corrected chi connectivity index (χ1v) is 13.7. The summed E-state index contributed by atoms with van der Waals surface area (Å²) in [6.07, 6.45) is 7.75. The number of fused-ring (bicyclic) bond motifs is 1. The van der Waals surface area contributed by atoms with Crippen molar-refractivity contribution >= 4 is 22.8 Å². The predicted molar refractivity (Wildman–Crippen MR) is 147 cm³/mol. The number of aliphatic carboxylic acids is 1. The molecule has 1 spiro atoms. The molecule has 43 heavy (non-hydrogen) atoms. The van der Waals surface area contributed by atoms with Gasteiger partial charge in [-0.2, -0.15) is 13.9 Å². The molecule has 10 nitrogen and oxygen atoms in total. The lowest BCUT2D eigenvalue weighted by molar-refractivity contribution is -0.142. The Kier molecular flexibility index (Phi) is 7.40. The molecule has 0 bridgehead atoms. The van der Waals surface area contributed by atoms with Crippen molar-refractivity contribution in [2.75, 3.05) is 7.11 Å². The second-order valence-corrected chi connectivity index (χ2v) is 11.3. The van der Waals surface area contributed by atoms with Crippen molar-refractivity contribution in [2.24, 2.45) is 11.3 Å². The van der Waals surface area contributed by atoms with Gasteiger partial charge in [0.25, 0.3) is 5.91 Å². The normalized spacial score (nSPS) is 21.0. The second-order valence-electron chi connectivity index (χ2n) is 11.3. The number of halogens is 3. The highest BCUT2D eigenvalue weighted by molar-refractivity contribution is 6.06. The topological polar surface area (TPSA) is 128 Å². The van der Waals surface area contributed by atoms with Gasteiger partial charge in [0.2, 0.25) is 0 Å². The van der Waals surface area contributed by atoms with E-state index in [0.29, 0.717) is 33.6 Å². The fourth-order valence-electron chi connectivity index (χ4n) is 6.48. The summed E-state index contributed by atoms with van der Waals surface area (Å²) in [5.41, 5.74) is 2.03. The Morgan fingerprint density at radius 3 is 2.53 bits per heavy atom. The molecule has 1 amide bonds. The van der Waals surface area contributed by atoms with Crippen LogP contribution < -0.4 is 14.8 Å². The van der Waals surface area contributed by atoms with Gasteiger partial charge in [-0.1, -0.05) is 0 Å². The number of carboxylic acid groups (broad SMARTS) is 1. The molecule has 0 unspecified atom stereocenters. The van der Waals surface area contributed by atoms with Crippen molar-refractivity contribution in [3.05, 3.63) is 66.0 Å². The molecule has 0 aliphatic heterocycles. The summed E-state index contributed by atoms with van der Waals surface area (Å²) in [7, 11) is 1.44. The van der Waals surface area contributed by atoms with Gasteiger partial charge in [-0.05, 0) is 61.3 Å². The molecule has 0 atom stereocenters. The van der Waals surface area contributed by atoms with Gasteiger partial charge in [0.05, 0.1) is 54.7 Å². The monoisotopic (exact) mass is 595 g/mol. The molecule has 2 aliphatic carbocycles. The molecular formula is C30H28F3N5O5. The zero-order chi connectivity index (χ0) is 30.3. The van der Waals surface area contributed by atoms with Crippen molar-refractivity contribution in [3.8, 4) is 22.8 Å². The highest BCUT2D eigenvalue weighted by Gasteiger charge is 2.53. The van der Waals surface area contributed by atoms with E-state index in [2.05, 4.69) is 25.1 Å². The minimum atomic E-state index is -3.07. The van der Waals surface area contributed by atoms with Crippen LogP contribution in [0.4, 0.5) is 13.2 Å². The van der Waals surface area contributed by atoms with Gasteiger partial charge < -0.3 is 19.9 Å². The first-order chi connectivity index (χ1) is 20.6. The van der Waals surface area contributed by atoms with Gasteiger partial charge in [-0.15, -0.1) is 0 Å². The first-order valence-electron chi connectivity index (χ1n) is 13.7. The maximum absolute atomic E-state index is 14.0. The van der Waals surface area contributed by atoms with Crippen molar-refractivity contribution in [1.82, 2.24) is 25.1 Å². The first kappa shape index (κ1) is 28.4. The van der Waals surface area contributed by atoms with E-state index in [4.69, 9.17) is 9.84 Å². The molecule has 2 aromatic heterocycles. The number of alkyl halides is 2. The summed E-state index contributed by atoms with van der Waals surface area (Å²) in [6, 6.07) is 6.77. The molecular weight excluding hydrogens is 567 g/mol. The number of ether oxygens (including phenoxy) is 2. The maximum Gasteiger partial charge on any atom is 0.387 e. The minimum Gasteiger partial charge on any atom is -0.497 e. The summed E-state index contributed by atoms with van der Waals surface area (Å²) in [4.78, 5) is 33.3. The Bertz CT molecular complexity index is 1680. The number of carboxylic acids is 1. The lowest BCUT2D eigenvalue weighted by Crippen LogP contribution is -2.56. The molecule has 2 N–H and O–H groups in total. The summed E-state index contributed by atoms with van der Waals surface area (Å²) in [6.45, 7) is -2.95. The third-order valence-electron chi connectivity index (χ3n) is 8.20. The summed E-state index contributed by atoms with van der Waals surface area (Å²) in [5, 5.41) is 16.8. The summed E-state index contributed by atoms with van der Waals surface area (Å²) >= 11 is 0. The Labute approximate surface area is 243 Å². The fraction of sp³-hybridized carbons (Fsp3) is 0.367. The van der Waals surface area contributed by atoms with E-state index >= 15 is 0 Å². The molecule has 13 heteroatoms. The van der Waals surface area contributed by atoms with Gasteiger partial charge in [0.15, 0.2) is 0 Å². The van der Waals surface area contributed by atoms with Gasteiger partial charge in [-0.25, -0.2) is 4.39 Å². The molecule has 2 saturated carbocycles. The number of benzene rings is 2. The van der Waals surface area contributed by atoms with Crippen LogP contribution in [0.1, 0.15) is 48.2 Å². The van der Waals surface area contributed by atoms with Crippen molar-refractivity contribution in [2.45, 2.75) is 51.3 Å². The standard InChI is InChI=1S/C30H28F3N5O5/c1-42-22-4-17(3-19(31)6-22)25-14-34-21(13-35-25)15-38-27-18(12-36-38)5-23(43-29(32)33)7-24(27)28(41)37-20-10-30(11-20)8-16(9-30)2-26(39)40/h3-7,12-14,16,20,29H,2,8-11,15H2,1H3,(H,37,41)(H,39,40). The third kappa shape index (κ3) is 5.97. The van der Waals surface area contributed by atoms with E-state index in [1.54, 1.807) is 6.07 Å². The number of amides is 1. The molecule has 6 rings (SSSR count). The number of carbonyl (C=O) groups excluding carboxylic acids is 1. The van der Waals surface area contributed by atoms with E-state index in [1.807, 2.05) is 0 Å². The molecule has 2 heterocycles. The zero-order valence-corrected chi connectivity index (χ0v) is 23.1. The van der Waals surface area contributed by atoms with E-state index in [9.17, 15) is 22.8 Å². The van der Waals surface area contributed by atoms with Crippen LogP contribution in [0.3, 0.4) is 0 Å². The van der Waals surface area contributed by atoms with Gasteiger partial charge in [0, 0.05) is 29.5 Å². The Hall–Kier alpha value is -4.68. The average molecular weight is 596 g/mol. The Morgan fingerprint density at radius 2 is 1.86 bits per heavy atom. The SMILES string of the molecule is COc1cc(F)cc(-c2cnc(Cn3ncc4cc(OC(F)F)cc(C(=O)NC5CC6(CC(CC(=O)O)C6)C5)c43)cn2)c1. The largest absolute Gasteiger partial charge is 0.497 e. The minimum absolute atomic E-state index is 0.0667. The smallest absolute Gasteiger partial charge is 0.387 e. The molecule has 2 aliphatic rings. The predicted octanol–water partition coefficient (Wildman–Crippen LogP) is 5.05. The van der Waals surface area contributed by atoms with E-state index in [1.165, 1.54) is 54.6 Å². The lowest BCUT2D eigenvalue weighted by atomic mass is 9.49. The number of hydrogen-bond acceptors (Lipinski definition) is 7. The lowest BCUT2D eigenvalue weighted by Gasteiger charge is -2.57. The van der Waals surface area contributed by atoms with Crippen LogP contribution in [0, 0.1) is 17.2 Å². The number of hydrogen-bond donors (Lipinski definition) is 2. The van der Waals surface area contributed by atoms with Crippen LogP contribution in [0.25, 0.3) is 22.2 Å². The third-order valence-corrected chi connectivity index (χ3v) is 8.20. The van der Waals surface area contributed by atoms with Crippen LogP contribution in [0.5, 0.6) is 11.5 Å². The Morgan fingerprint density at radius 1 is 1.07 bits per heavy atom. The van der Waals surface area contributed by atoms with E-state index in [0.717, 1.165) is 25.7 Å². The number of nitrogens with zero attached hydrogens (tertiary/aromatic N) is 4. The summed E-state index contributed by atoms with van der Waals surface area (Å²) in [5.74, 6) is -1.38. The summed E-state index contributed by atoms with van der Waals surface area (Å²) < 4.78 is 51.3. The van der Waals surface area contributed by atoms with E-state index in [-0.39, 0.29) is 41.7 Å². The number of aromatic nitrogens is 4. The van der Waals surface area contributed by atoms with Gasteiger partial charge in [-0.3, -0.25) is 24.2 Å². The molecule has 0 saturated heterocycles. The molecule has 4 aromatic rings. The Balaban J connectivity index is 1.21. The van der Waals surface area contributed by atoms with Crippen LogP contribution in [-0.2, 0) is 11.3 Å². The molecule has 224 valence electrons. The van der Waals surface area contributed by atoms with Gasteiger partial charge in [0.1, 0.15) is 17.3 Å². The average Bonchev–Trinajstić information content (AvgIpc) is 3.31. The number of nitrogens with one attached hydrogen (secondary N) is 1. The molecule has 2 aromatic carbocycles.